The molecule has 0 unspecified atom stereocenters. The second kappa shape index (κ2) is 7.80. The van der Waals surface area contributed by atoms with Gasteiger partial charge in [-0.15, -0.1) is 6.58 Å². The smallest absolute Gasteiger partial charge is 0.261 e. The Balaban J connectivity index is 1.92. The van der Waals surface area contributed by atoms with Gasteiger partial charge in [0, 0.05) is 6.54 Å². The van der Waals surface area contributed by atoms with Crippen LogP contribution in [-0.2, 0) is 6.54 Å². The SMILES string of the molecule is C=CCn1c(-c2sc(NC(=O)c3cc(F)ccc3OC)nc2C)n[nH]c1=S. The van der Waals surface area contributed by atoms with Crippen LogP contribution in [0.3, 0.4) is 0 Å². The van der Waals surface area contributed by atoms with Crippen LogP contribution in [0.2, 0.25) is 0 Å². The van der Waals surface area contributed by atoms with Crippen molar-refractivity contribution in [3.8, 4) is 16.5 Å². The fourth-order valence-corrected chi connectivity index (χ4v) is 3.64. The molecule has 0 aliphatic rings. The van der Waals surface area contributed by atoms with Gasteiger partial charge in [-0.25, -0.2) is 9.37 Å². The van der Waals surface area contributed by atoms with Gasteiger partial charge in [-0.05, 0) is 37.3 Å². The van der Waals surface area contributed by atoms with Gasteiger partial charge in [0.05, 0.1) is 23.2 Å². The number of nitrogens with one attached hydrogen (secondary N) is 2. The van der Waals surface area contributed by atoms with E-state index in [0.717, 1.165) is 10.9 Å². The van der Waals surface area contributed by atoms with Crippen molar-refractivity contribution in [1.29, 1.82) is 0 Å². The molecule has 3 aromatic rings. The third-order valence-corrected chi connectivity index (χ3v) is 5.08. The number of carbonyl (C=O) groups excluding carboxylic acids is 1. The molecule has 0 saturated heterocycles. The maximum atomic E-state index is 13.5. The molecule has 2 aromatic heterocycles. The van der Waals surface area contributed by atoms with Gasteiger partial charge in [-0.2, -0.15) is 5.10 Å². The number of H-pyrrole nitrogens is 1. The molecule has 0 saturated carbocycles. The number of amides is 1. The van der Waals surface area contributed by atoms with E-state index in [-0.39, 0.29) is 11.3 Å². The molecule has 0 spiro atoms. The van der Waals surface area contributed by atoms with Crippen LogP contribution in [0.25, 0.3) is 10.7 Å². The van der Waals surface area contributed by atoms with Gasteiger partial charge >= 0.3 is 0 Å². The molecule has 7 nitrogen and oxygen atoms in total. The third-order valence-electron chi connectivity index (χ3n) is 3.70. The summed E-state index contributed by atoms with van der Waals surface area (Å²) in [5, 5.41) is 10.0. The highest BCUT2D eigenvalue weighted by Gasteiger charge is 2.19. The zero-order valence-corrected chi connectivity index (χ0v) is 16.2. The normalized spacial score (nSPS) is 10.6. The highest BCUT2D eigenvalue weighted by Crippen LogP contribution is 2.32. The Labute approximate surface area is 163 Å². The first-order chi connectivity index (χ1) is 12.9. The molecule has 1 aromatic carbocycles. The number of anilines is 1. The van der Waals surface area contributed by atoms with Crippen LogP contribution >= 0.6 is 23.6 Å². The maximum absolute atomic E-state index is 13.5. The average molecular weight is 405 g/mol. The van der Waals surface area contributed by atoms with E-state index in [1.165, 1.54) is 30.6 Å². The zero-order chi connectivity index (χ0) is 19.6. The molecule has 0 aliphatic carbocycles. The summed E-state index contributed by atoms with van der Waals surface area (Å²) in [4.78, 5) is 17.6. The van der Waals surface area contributed by atoms with E-state index in [4.69, 9.17) is 17.0 Å². The largest absolute Gasteiger partial charge is 0.496 e. The lowest BCUT2D eigenvalue weighted by Gasteiger charge is -2.07. The first-order valence-corrected chi connectivity index (χ1v) is 9.05. The molecule has 10 heteroatoms. The number of halogens is 1. The van der Waals surface area contributed by atoms with Gasteiger partial charge in [-0.3, -0.25) is 19.8 Å². The number of ether oxygens (including phenoxy) is 1. The lowest BCUT2D eigenvalue weighted by atomic mass is 10.2. The molecule has 3 rings (SSSR count). The number of aromatic amines is 1. The van der Waals surface area contributed by atoms with Gasteiger partial charge in [0.15, 0.2) is 15.7 Å². The number of aryl methyl sites for hydroxylation is 1. The predicted octanol–water partition coefficient (Wildman–Crippen LogP) is 3.96. The van der Waals surface area contributed by atoms with Crippen molar-refractivity contribution in [3.63, 3.8) is 0 Å². The molecule has 27 heavy (non-hydrogen) atoms. The summed E-state index contributed by atoms with van der Waals surface area (Å²) in [5.41, 5.74) is 0.766. The minimum Gasteiger partial charge on any atom is -0.496 e. The standard InChI is InChI=1S/C17H16FN5O2S2/c1-4-7-23-14(21-22-17(23)26)13-9(2)19-16(27-13)20-15(24)11-8-10(18)5-6-12(11)25-3/h4-6,8H,1,7H2,2-3H3,(H,22,26)(H,19,20,24). The van der Waals surface area contributed by atoms with Gasteiger partial charge in [0.25, 0.3) is 5.91 Å². The Hall–Kier alpha value is -2.85. The molecule has 0 radical (unpaired) electrons. The van der Waals surface area contributed by atoms with Crippen LogP contribution in [0.4, 0.5) is 9.52 Å². The first kappa shape index (κ1) is 18.9. The van der Waals surface area contributed by atoms with Crippen molar-refractivity contribution < 1.29 is 13.9 Å². The number of methoxy groups -OCH3 is 1. The van der Waals surface area contributed by atoms with E-state index < -0.39 is 11.7 Å². The molecule has 2 N–H and O–H groups in total. The van der Waals surface area contributed by atoms with Crippen molar-refractivity contribution in [2.75, 3.05) is 12.4 Å². The number of carbonyl (C=O) groups is 1. The molecule has 0 aliphatic heterocycles. The molecule has 140 valence electrons. The third kappa shape index (κ3) is 3.81. The quantitative estimate of drug-likeness (QED) is 0.479. The predicted molar refractivity (Wildman–Crippen MR) is 104 cm³/mol. The number of nitrogens with zero attached hydrogens (tertiary/aromatic N) is 3. The Morgan fingerprint density at radius 1 is 1.56 bits per heavy atom. The fourth-order valence-electron chi connectivity index (χ4n) is 2.47. The van der Waals surface area contributed by atoms with E-state index >= 15 is 0 Å². The van der Waals surface area contributed by atoms with Crippen LogP contribution < -0.4 is 10.1 Å². The minimum atomic E-state index is -0.531. The number of hydrogen-bond acceptors (Lipinski definition) is 6. The summed E-state index contributed by atoms with van der Waals surface area (Å²) in [7, 11) is 1.41. The Bertz CT molecular complexity index is 1070. The van der Waals surface area contributed by atoms with Crippen LogP contribution in [0.15, 0.2) is 30.9 Å². The van der Waals surface area contributed by atoms with E-state index in [1.54, 1.807) is 17.6 Å². The van der Waals surface area contributed by atoms with Gasteiger partial charge < -0.3 is 4.74 Å². The van der Waals surface area contributed by atoms with Crippen molar-refractivity contribution in [3.05, 3.63) is 52.7 Å². The molecular weight excluding hydrogens is 389 g/mol. The lowest BCUT2D eigenvalue weighted by Crippen LogP contribution is -2.13. The Morgan fingerprint density at radius 2 is 2.33 bits per heavy atom. The van der Waals surface area contributed by atoms with Crippen LogP contribution in [0.5, 0.6) is 5.75 Å². The van der Waals surface area contributed by atoms with Crippen molar-refractivity contribution in [2.24, 2.45) is 0 Å². The second-order valence-corrected chi connectivity index (χ2v) is 6.87. The van der Waals surface area contributed by atoms with Gasteiger partial charge in [-0.1, -0.05) is 17.4 Å². The summed E-state index contributed by atoms with van der Waals surface area (Å²) in [5.74, 6) is -0.165. The summed E-state index contributed by atoms with van der Waals surface area (Å²) < 4.78 is 20.9. The highest BCUT2D eigenvalue weighted by molar-refractivity contribution is 7.71. The monoisotopic (exact) mass is 405 g/mol. The fraction of sp³-hybridized carbons (Fsp3) is 0.176. The number of hydrogen-bond donors (Lipinski definition) is 2. The van der Waals surface area contributed by atoms with Crippen LogP contribution in [0, 0.1) is 17.5 Å². The lowest BCUT2D eigenvalue weighted by molar-refractivity contribution is 0.102. The highest BCUT2D eigenvalue weighted by atomic mass is 32.1. The topological polar surface area (TPSA) is 84.8 Å². The van der Waals surface area contributed by atoms with E-state index in [9.17, 15) is 9.18 Å². The number of rotatable bonds is 6. The molecule has 1 amide bonds. The minimum absolute atomic E-state index is 0.0845. The van der Waals surface area contributed by atoms with Crippen molar-refractivity contribution in [1.82, 2.24) is 19.7 Å². The average Bonchev–Trinajstić information content (AvgIpc) is 3.18. The second-order valence-electron chi connectivity index (χ2n) is 5.48. The summed E-state index contributed by atoms with van der Waals surface area (Å²) >= 11 is 6.47. The summed E-state index contributed by atoms with van der Waals surface area (Å²) in [6, 6.07) is 3.74. The number of aromatic nitrogens is 4. The molecule has 0 fully saturated rings. The maximum Gasteiger partial charge on any atom is 0.261 e. The van der Waals surface area contributed by atoms with Crippen LogP contribution in [-0.4, -0.2) is 32.8 Å². The number of thiazole rings is 1. The van der Waals surface area contributed by atoms with Crippen molar-refractivity contribution in [2.45, 2.75) is 13.5 Å². The van der Waals surface area contributed by atoms with E-state index in [0.29, 0.717) is 28.0 Å². The Kier molecular flexibility index (Phi) is 5.47. The first-order valence-electron chi connectivity index (χ1n) is 7.83. The number of benzene rings is 1. The Morgan fingerprint density at radius 3 is 3.04 bits per heavy atom. The van der Waals surface area contributed by atoms with E-state index in [2.05, 4.69) is 27.1 Å². The van der Waals surface area contributed by atoms with Gasteiger partial charge in [0.2, 0.25) is 0 Å². The summed E-state index contributed by atoms with van der Waals surface area (Å²) in [6.45, 7) is 6.01. The van der Waals surface area contributed by atoms with Crippen LogP contribution in [0.1, 0.15) is 16.1 Å². The van der Waals surface area contributed by atoms with Gasteiger partial charge in [0.1, 0.15) is 11.6 Å². The zero-order valence-electron chi connectivity index (χ0n) is 14.6. The van der Waals surface area contributed by atoms with E-state index in [1.807, 2.05) is 0 Å². The number of allylic oxidation sites excluding steroid dienone is 1. The molecule has 0 atom stereocenters. The molecule has 0 bridgehead atoms. The summed E-state index contributed by atoms with van der Waals surface area (Å²) in [6.07, 6.45) is 1.71. The molecule has 2 heterocycles. The van der Waals surface area contributed by atoms with Crippen molar-refractivity contribution >= 4 is 34.6 Å². The molecular formula is C17H16FN5O2S2.